The summed E-state index contributed by atoms with van der Waals surface area (Å²) in [5.74, 6) is 0.0682. The third kappa shape index (κ3) is 4.30. The Morgan fingerprint density at radius 3 is 2.35 bits per heavy atom. The molecule has 1 aromatic rings. The van der Waals surface area contributed by atoms with Gasteiger partial charge in [-0.3, -0.25) is 0 Å². The second-order valence-electron chi connectivity index (χ2n) is 5.66. The molecular formula is C15H23NO3S. The molecule has 2 N–H and O–H groups in total. The van der Waals surface area contributed by atoms with Gasteiger partial charge in [-0.2, -0.15) is 0 Å². The lowest BCUT2D eigenvalue weighted by molar-refractivity contribution is 0.142. The van der Waals surface area contributed by atoms with E-state index in [4.69, 9.17) is 0 Å². The molecular weight excluding hydrogens is 274 g/mol. The summed E-state index contributed by atoms with van der Waals surface area (Å²) in [5, 5.41) is 9.56. The number of hydrogen-bond donors (Lipinski definition) is 2. The quantitative estimate of drug-likeness (QED) is 0.842. The summed E-state index contributed by atoms with van der Waals surface area (Å²) in [6, 6.07) is 9.59. The van der Waals surface area contributed by atoms with E-state index >= 15 is 0 Å². The fraction of sp³-hybridized carbons (Fsp3) is 0.600. The molecule has 20 heavy (non-hydrogen) atoms. The van der Waals surface area contributed by atoms with Crippen molar-refractivity contribution in [3.63, 3.8) is 0 Å². The van der Waals surface area contributed by atoms with E-state index in [0.717, 1.165) is 37.7 Å². The van der Waals surface area contributed by atoms with Crippen molar-refractivity contribution in [1.29, 1.82) is 0 Å². The lowest BCUT2D eigenvalue weighted by atomic mass is 9.83. The molecule has 0 saturated heterocycles. The normalized spacial score (nSPS) is 18.9. The van der Waals surface area contributed by atoms with E-state index in [1.165, 1.54) is 0 Å². The van der Waals surface area contributed by atoms with Crippen molar-refractivity contribution >= 4 is 10.0 Å². The molecule has 2 rings (SSSR count). The van der Waals surface area contributed by atoms with Gasteiger partial charge in [0.05, 0.1) is 17.9 Å². The van der Waals surface area contributed by atoms with Gasteiger partial charge in [-0.25, -0.2) is 13.1 Å². The predicted octanol–water partition coefficient (Wildman–Crippen LogP) is 1.84. The van der Waals surface area contributed by atoms with Crippen LogP contribution in [0.2, 0.25) is 0 Å². The molecule has 1 aromatic carbocycles. The number of rotatable bonds is 6. The van der Waals surface area contributed by atoms with Gasteiger partial charge in [0, 0.05) is 0 Å². The summed E-state index contributed by atoms with van der Waals surface area (Å²) >= 11 is 0. The van der Waals surface area contributed by atoms with E-state index in [-0.39, 0.29) is 12.4 Å². The second kappa shape index (κ2) is 6.70. The number of aliphatic hydroxyl groups is 1. The summed E-state index contributed by atoms with van der Waals surface area (Å²) in [7, 11) is -3.36. The van der Waals surface area contributed by atoms with Crippen molar-refractivity contribution in [3.05, 3.63) is 35.9 Å². The van der Waals surface area contributed by atoms with Crippen molar-refractivity contribution < 1.29 is 13.5 Å². The first-order valence-corrected chi connectivity index (χ1v) is 8.87. The van der Waals surface area contributed by atoms with Crippen LogP contribution in [0, 0.1) is 0 Å². The molecule has 0 heterocycles. The van der Waals surface area contributed by atoms with Crippen LogP contribution in [-0.2, 0) is 16.4 Å². The highest BCUT2D eigenvalue weighted by Crippen LogP contribution is 2.28. The average Bonchev–Trinajstić information content (AvgIpc) is 2.47. The summed E-state index contributed by atoms with van der Waals surface area (Å²) in [6.07, 6.45) is 5.02. The van der Waals surface area contributed by atoms with Crippen LogP contribution in [0.4, 0.5) is 0 Å². The first kappa shape index (κ1) is 15.5. The van der Waals surface area contributed by atoms with Crippen LogP contribution in [0.25, 0.3) is 0 Å². The second-order valence-corrected chi connectivity index (χ2v) is 7.50. The van der Waals surface area contributed by atoms with Gasteiger partial charge >= 0.3 is 0 Å². The van der Waals surface area contributed by atoms with E-state index in [1.54, 1.807) is 0 Å². The minimum Gasteiger partial charge on any atom is -0.394 e. The number of nitrogens with one attached hydrogen (secondary N) is 1. The highest BCUT2D eigenvalue weighted by Gasteiger charge is 2.35. The molecule has 5 heteroatoms. The first-order chi connectivity index (χ1) is 9.55. The Hall–Kier alpha value is -0.910. The molecule has 0 aliphatic heterocycles. The van der Waals surface area contributed by atoms with Gasteiger partial charge in [-0.1, -0.05) is 49.6 Å². The fourth-order valence-electron chi connectivity index (χ4n) is 2.80. The predicted molar refractivity (Wildman–Crippen MR) is 80.0 cm³/mol. The standard InChI is InChI=1S/C15H23NO3S/c17-13-15(10-5-2-6-11-15)16-20(18,19)12-9-14-7-3-1-4-8-14/h1,3-4,7-8,16-17H,2,5-6,9-13H2. The maximum absolute atomic E-state index is 12.2. The molecule has 0 aromatic heterocycles. The third-order valence-electron chi connectivity index (χ3n) is 3.99. The number of aliphatic hydroxyl groups excluding tert-OH is 1. The zero-order valence-corrected chi connectivity index (χ0v) is 12.5. The van der Waals surface area contributed by atoms with Gasteiger partial charge < -0.3 is 5.11 Å². The number of hydrogen-bond acceptors (Lipinski definition) is 3. The topological polar surface area (TPSA) is 66.4 Å². The van der Waals surface area contributed by atoms with E-state index in [1.807, 2.05) is 30.3 Å². The van der Waals surface area contributed by atoms with E-state index < -0.39 is 15.6 Å². The lowest BCUT2D eigenvalue weighted by Crippen LogP contribution is -2.53. The minimum atomic E-state index is -3.36. The smallest absolute Gasteiger partial charge is 0.212 e. The molecule has 0 amide bonds. The Kier molecular flexibility index (Phi) is 5.18. The molecule has 0 radical (unpaired) electrons. The van der Waals surface area contributed by atoms with Gasteiger partial charge in [-0.05, 0) is 24.8 Å². The summed E-state index contributed by atoms with van der Waals surface area (Å²) in [6.45, 7) is -0.114. The van der Waals surface area contributed by atoms with Crippen molar-refractivity contribution in [2.24, 2.45) is 0 Å². The maximum Gasteiger partial charge on any atom is 0.212 e. The lowest BCUT2D eigenvalue weighted by Gasteiger charge is -2.36. The van der Waals surface area contributed by atoms with Gasteiger partial charge in [-0.15, -0.1) is 0 Å². The molecule has 0 unspecified atom stereocenters. The van der Waals surface area contributed by atoms with Crippen LogP contribution in [0.3, 0.4) is 0 Å². The average molecular weight is 297 g/mol. The van der Waals surface area contributed by atoms with Gasteiger partial charge in [0.2, 0.25) is 10.0 Å². The zero-order chi connectivity index (χ0) is 14.5. The molecule has 0 bridgehead atoms. The molecule has 1 fully saturated rings. The highest BCUT2D eigenvalue weighted by atomic mass is 32.2. The van der Waals surface area contributed by atoms with Crippen LogP contribution in [0.5, 0.6) is 0 Å². The molecule has 1 saturated carbocycles. The van der Waals surface area contributed by atoms with E-state index in [2.05, 4.69) is 4.72 Å². The van der Waals surface area contributed by atoms with Gasteiger partial charge in [0.25, 0.3) is 0 Å². The van der Waals surface area contributed by atoms with Crippen LogP contribution >= 0.6 is 0 Å². The monoisotopic (exact) mass is 297 g/mol. The molecule has 0 atom stereocenters. The van der Waals surface area contributed by atoms with Crippen LogP contribution in [0.15, 0.2) is 30.3 Å². The zero-order valence-electron chi connectivity index (χ0n) is 11.7. The Morgan fingerprint density at radius 2 is 1.75 bits per heavy atom. The maximum atomic E-state index is 12.2. The van der Waals surface area contributed by atoms with Crippen molar-refractivity contribution in [3.8, 4) is 0 Å². The Morgan fingerprint density at radius 1 is 1.10 bits per heavy atom. The summed E-state index contributed by atoms with van der Waals surface area (Å²) in [4.78, 5) is 0. The Bertz CT molecular complexity index is 507. The van der Waals surface area contributed by atoms with E-state index in [9.17, 15) is 13.5 Å². The van der Waals surface area contributed by atoms with Crippen LogP contribution in [-0.4, -0.2) is 31.4 Å². The molecule has 1 aliphatic rings. The number of sulfonamides is 1. The van der Waals surface area contributed by atoms with Crippen molar-refractivity contribution in [1.82, 2.24) is 4.72 Å². The molecule has 1 aliphatic carbocycles. The van der Waals surface area contributed by atoms with Crippen LogP contribution < -0.4 is 4.72 Å². The van der Waals surface area contributed by atoms with Gasteiger partial charge in [0.15, 0.2) is 0 Å². The number of benzene rings is 1. The first-order valence-electron chi connectivity index (χ1n) is 7.22. The summed E-state index contributed by atoms with van der Waals surface area (Å²) < 4.78 is 27.2. The fourth-order valence-corrected chi connectivity index (χ4v) is 4.33. The molecule has 112 valence electrons. The summed E-state index contributed by atoms with van der Waals surface area (Å²) in [5.41, 5.74) is 0.382. The largest absolute Gasteiger partial charge is 0.394 e. The van der Waals surface area contributed by atoms with Crippen molar-refractivity contribution in [2.75, 3.05) is 12.4 Å². The van der Waals surface area contributed by atoms with E-state index in [0.29, 0.717) is 6.42 Å². The highest BCUT2D eigenvalue weighted by molar-refractivity contribution is 7.89. The molecule has 0 spiro atoms. The SMILES string of the molecule is O=S(=O)(CCc1ccccc1)NC1(CO)CCCCC1. The Balaban J connectivity index is 1.96. The van der Waals surface area contributed by atoms with Crippen LogP contribution in [0.1, 0.15) is 37.7 Å². The van der Waals surface area contributed by atoms with Gasteiger partial charge in [0.1, 0.15) is 0 Å². The third-order valence-corrected chi connectivity index (χ3v) is 5.47. The minimum absolute atomic E-state index is 0.0682. The molecule has 4 nitrogen and oxygen atoms in total. The van der Waals surface area contributed by atoms with Crippen molar-refractivity contribution in [2.45, 2.75) is 44.1 Å². The number of aryl methyl sites for hydroxylation is 1. The Labute approximate surface area is 121 Å².